The lowest BCUT2D eigenvalue weighted by Crippen LogP contribution is -1.92. The first-order chi connectivity index (χ1) is 5.35. The molecule has 0 aliphatic rings. The number of hydrogen-bond acceptors (Lipinski definition) is 0. The van der Waals surface area contributed by atoms with Crippen LogP contribution in [0.2, 0.25) is 0 Å². The highest BCUT2D eigenvalue weighted by Crippen LogP contribution is 2.12. The monoisotopic (exact) mass is 152 g/mol. The van der Waals surface area contributed by atoms with Gasteiger partial charge in [0.1, 0.15) is 0 Å². The van der Waals surface area contributed by atoms with Crippen molar-refractivity contribution < 1.29 is 0 Å². The van der Waals surface area contributed by atoms with Gasteiger partial charge in [-0.25, -0.2) is 0 Å². The average Bonchev–Trinajstić information content (AvgIpc) is 2.03. The summed E-state index contributed by atoms with van der Waals surface area (Å²) in [7, 11) is 0. The van der Waals surface area contributed by atoms with E-state index in [0.717, 1.165) is 6.42 Å². The van der Waals surface area contributed by atoms with Crippen molar-refractivity contribution in [1.29, 1.82) is 0 Å². The summed E-state index contributed by atoms with van der Waals surface area (Å²) in [6, 6.07) is 0. The van der Waals surface area contributed by atoms with Crippen molar-refractivity contribution in [3.63, 3.8) is 0 Å². The van der Waals surface area contributed by atoms with Crippen molar-refractivity contribution >= 4 is 0 Å². The molecule has 0 radical (unpaired) electrons. The summed E-state index contributed by atoms with van der Waals surface area (Å²) in [6.07, 6.45) is 11.4. The van der Waals surface area contributed by atoms with Crippen LogP contribution in [0.15, 0.2) is 24.8 Å². The average molecular weight is 152 g/mol. The quantitative estimate of drug-likeness (QED) is 0.506. The molecule has 0 aromatic carbocycles. The van der Waals surface area contributed by atoms with E-state index in [1.807, 2.05) is 0 Å². The Balaban J connectivity index is 3.51. The summed E-state index contributed by atoms with van der Waals surface area (Å²) in [4.78, 5) is 0. The van der Waals surface area contributed by atoms with Gasteiger partial charge in [-0.2, -0.15) is 0 Å². The van der Waals surface area contributed by atoms with Crippen LogP contribution in [-0.4, -0.2) is 0 Å². The summed E-state index contributed by atoms with van der Waals surface area (Å²) in [5.41, 5.74) is 0. The van der Waals surface area contributed by atoms with Crippen LogP contribution >= 0.6 is 0 Å². The Morgan fingerprint density at radius 2 is 2.00 bits per heavy atom. The minimum absolute atomic E-state index is 0.697. The van der Waals surface area contributed by atoms with Gasteiger partial charge in [0.2, 0.25) is 0 Å². The lowest BCUT2D eigenvalue weighted by molar-refractivity contribution is 0.589. The van der Waals surface area contributed by atoms with Crippen LogP contribution in [0.1, 0.15) is 39.5 Å². The molecule has 1 unspecified atom stereocenters. The van der Waals surface area contributed by atoms with Crippen molar-refractivity contribution in [1.82, 2.24) is 0 Å². The van der Waals surface area contributed by atoms with E-state index in [2.05, 4.69) is 38.7 Å². The van der Waals surface area contributed by atoms with Crippen LogP contribution < -0.4 is 0 Å². The zero-order chi connectivity index (χ0) is 8.53. The number of rotatable bonds is 6. The van der Waals surface area contributed by atoms with E-state index in [1.54, 1.807) is 0 Å². The van der Waals surface area contributed by atoms with E-state index in [9.17, 15) is 0 Å². The molecule has 0 aromatic rings. The molecule has 0 aliphatic carbocycles. The van der Waals surface area contributed by atoms with Gasteiger partial charge in [-0.05, 0) is 25.2 Å². The maximum absolute atomic E-state index is 3.82. The van der Waals surface area contributed by atoms with Gasteiger partial charge < -0.3 is 0 Å². The normalized spacial score (nSPS) is 13.6. The van der Waals surface area contributed by atoms with E-state index in [-0.39, 0.29) is 0 Å². The van der Waals surface area contributed by atoms with Gasteiger partial charge in [-0.15, -0.1) is 6.58 Å². The lowest BCUT2D eigenvalue weighted by Gasteiger charge is -2.06. The summed E-state index contributed by atoms with van der Waals surface area (Å²) >= 11 is 0. The first kappa shape index (κ1) is 10.5. The summed E-state index contributed by atoms with van der Waals surface area (Å²) in [5.74, 6) is 0.697. The van der Waals surface area contributed by atoms with Gasteiger partial charge in [0, 0.05) is 0 Å². The molecule has 1 atom stereocenters. The first-order valence-electron chi connectivity index (χ1n) is 4.62. The Morgan fingerprint density at radius 3 is 2.45 bits per heavy atom. The van der Waals surface area contributed by atoms with Crippen LogP contribution in [0.5, 0.6) is 0 Å². The van der Waals surface area contributed by atoms with Crippen LogP contribution in [0.25, 0.3) is 0 Å². The molecule has 0 N–H and O–H groups in total. The smallest absolute Gasteiger partial charge is 0.0202 e. The standard InChI is InChI=1S/C11H20/c1-4-7-8-10-11(6-3)9-5-2/h6-8,11H,3-5,9-10H2,1-2H3. The van der Waals surface area contributed by atoms with Gasteiger partial charge in [0.25, 0.3) is 0 Å². The summed E-state index contributed by atoms with van der Waals surface area (Å²) < 4.78 is 0. The molecule has 11 heavy (non-hydrogen) atoms. The SMILES string of the molecule is C=CC(CC=CCC)CCC. The highest BCUT2D eigenvalue weighted by Gasteiger charge is 1.98. The number of hydrogen-bond donors (Lipinski definition) is 0. The van der Waals surface area contributed by atoms with E-state index in [0.29, 0.717) is 5.92 Å². The molecule has 0 nitrogen and oxygen atoms in total. The molecule has 0 saturated carbocycles. The van der Waals surface area contributed by atoms with Crippen molar-refractivity contribution in [3.05, 3.63) is 24.8 Å². The van der Waals surface area contributed by atoms with Gasteiger partial charge >= 0.3 is 0 Å². The second kappa shape index (κ2) is 7.59. The van der Waals surface area contributed by atoms with E-state index in [4.69, 9.17) is 0 Å². The summed E-state index contributed by atoms with van der Waals surface area (Å²) in [5, 5.41) is 0. The van der Waals surface area contributed by atoms with Crippen molar-refractivity contribution in [3.8, 4) is 0 Å². The largest absolute Gasteiger partial charge is 0.103 e. The second-order valence-electron chi connectivity index (χ2n) is 2.90. The maximum atomic E-state index is 3.82. The molecule has 0 amide bonds. The molecular weight excluding hydrogens is 132 g/mol. The summed E-state index contributed by atoms with van der Waals surface area (Å²) in [6.45, 7) is 8.21. The van der Waals surface area contributed by atoms with Gasteiger partial charge in [0.15, 0.2) is 0 Å². The van der Waals surface area contributed by atoms with Crippen molar-refractivity contribution in [2.45, 2.75) is 39.5 Å². The molecule has 0 aliphatic heterocycles. The van der Waals surface area contributed by atoms with Crippen LogP contribution in [0.3, 0.4) is 0 Å². The Kier molecular flexibility index (Phi) is 7.23. The zero-order valence-electron chi connectivity index (χ0n) is 7.84. The van der Waals surface area contributed by atoms with Crippen LogP contribution in [0, 0.1) is 5.92 Å². The predicted octanol–water partition coefficient (Wildman–Crippen LogP) is 3.95. The molecule has 0 heterocycles. The fourth-order valence-corrected chi connectivity index (χ4v) is 1.14. The fourth-order valence-electron chi connectivity index (χ4n) is 1.14. The maximum Gasteiger partial charge on any atom is -0.0202 e. The Morgan fingerprint density at radius 1 is 1.27 bits per heavy atom. The van der Waals surface area contributed by atoms with Gasteiger partial charge in [-0.3, -0.25) is 0 Å². The van der Waals surface area contributed by atoms with Crippen molar-refractivity contribution in [2.24, 2.45) is 5.92 Å². The van der Waals surface area contributed by atoms with Crippen LogP contribution in [0.4, 0.5) is 0 Å². The number of allylic oxidation sites excluding steroid dienone is 3. The molecule has 64 valence electrons. The topological polar surface area (TPSA) is 0 Å². The lowest BCUT2D eigenvalue weighted by atomic mass is 10.00. The highest BCUT2D eigenvalue weighted by atomic mass is 14.0. The minimum Gasteiger partial charge on any atom is -0.103 e. The molecule has 0 rings (SSSR count). The Bertz CT molecular complexity index is 111. The molecular formula is C11H20. The van der Waals surface area contributed by atoms with Gasteiger partial charge in [-0.1, -0.05) is 38.5 Å². The molecule has 0 saturated heterocycles. The molecule has 0 fully saturated rings. The van der Waals surface area contributed by atoms with E-state index < -0.39 is 0 Å². The second-order valence-corrected chi connectivity index (χ2v) is 2.90. The van der Waals surface area contributed by atoms with E-state index >= 15 is 0 Å². The van der Waals surface area contributed by atoms with Crippen LogP contribution in [-0.2, 0) is 0 Å². The van der Waals surface area contributed by atoms with Gasteiger partial charge in [0.05, 0.1) is 0 Å². The molecule has 0 aromatic heterocycles. The first-order valence-corrected chi connectivity index (χ1v) is 4.62. The molecule has 0 spiro atoms. The van der Waals surface area contributed by atoms with Crippen molar-refractivity contribution in [2.75, 3.05) is 0 Å². The van der Waals surface area contributed by atoms with E-state index in [1.165, 1.54) is 19.3 Å². The Hall–Kier alpha value is -0.520. The fraction of sp³-hybridized carbons (Fsp3) is 0.636. The predicted molar refractivity (Wildman–Crippen MR) is 52.6 cm³/mol. The third-order valence-electron chi connectivity index (χ3n) is 1.83. The highest BCUT2D eigenvalue weighted by molar-refractivity contribution is 4.89. The third kappa shape index (κ3) is 5.90. The zero-order valence-corrected chi connectivity index (χ0v) is 7.84. The Labute approximate surface area is 71.0 Å². The minimum atomic E-state index is 0.697. The molecule has 0 heteroatoms. The molecule has 0 bridgehead atoms. The third-order valence-corrected chi connectivity index (χ3v) is 1.83.